The Morgan fingerprint density at radius 3 is 2.33 bits per heavy atom. The topological polar surface area (TPSA) is 50.7 Å². The molecule has 5 heteroatoms. The van der Waals surface area contributed by atoms with Gasteiger partial charge in [-0.1, -0.05) is 23.7 Å². The maximum Gasteiger partial charge on any atom is 0.244 e. The van der Waals surface area contributed by atoms with Crippen LogP contribution in [0.15, 0.2) is 53.6 Å². The van der Waals surface area contributed by atoms with Crippen LogP contribution in [0.4, 0.5) is 0 Å². The quantitative estimate of drug-likeness (QED) is 0.652. The van der Waals surface area contributed by atoms with Gasteiger partial charge in [0.2, 0.25) is 5.91 Å². The maximum atomic E-state index is 11.8. The number of hydrogen-bond donors (Lipinski definition) is 1. The first-order valence-electron chi connectivity index (χ1n) is 7.67. The summed E-state index contributed by atoms with van der Waals surface area (Å²) in [7, 11) is 0. The lowest BCUT2D eigenvalue weighted by Gasteiger charge is -2.21. The molecule has 2 rings (SSSR count). The molecule has 0 unspecified atom stereocenters. The number of hydrogen-bond acceptors (Lipinski definition) is 3. The molecule has 0 saturated carbocycles. The van der Waals surface area contributed by atoms with Crippen molar-refractivity contribution in [2.75, 3.05) is 0 Å². The molecule has 0 heterocycles. The molecule has 0 radical (unpaired) electrons. The van der Waals surface area contributed by atoms with Crippen LogP contribution in [0, 0.1) is 0 Å². The average Bonchev–Trinajstić information content (AvgIpc) is 2.50. The Morgan fingerprint density at radius 2 is 1.75 bits per heavy atom. The van der Waals surface area contributed by atoms with Crippen LogP contribution in [0.5, 0.6) is 5.75 Å². The number of amides is 1. The van der Waals surface area contributed by atoms with E-state index >= 15 is 0 Å². The summed E-state index contributed by atoms with van der Waals surface area (Å²) in [4.78, 5) is 11.8. The van der Waals surface area contributed by atoms with Crippen molar-refractivity contribution in [1.29, 1.82) is 0 Å². The van der Waals surface area contributed by atoms with E-state index in [2.05, 4.69) is 10.5 Å². The third-order valence-corrected chi connectivity index (χ3v) is 3.24. The van der Waals surface area contributed by atoms with E-state index in [1.165, 1.54) is 0 Å². The molecule has 4 nitrogen and oxygen atoms in total. The molecule has 0 fully saturated rings. The molecule has 1 amide bonds. The first-order chi connectivity index (χ1) is 11.3. The summed E-state index contributed by atoms with van der Waals surface area (Å²) >= 11 is 5.81. The predicted molar refractivity (Wildman–Crippen MR) is 97.7 cm³/mol. The molecule has 0 aliphatic heterocycles. The monoisotopic (exact) mass is 344 g/mol. The SMILES string of the molecule is CC(C)(C)Oc1ccc(/C=N\NC(=O)Cc2ccc(Cl)cc2)cc1. The number of rotatable bonds is 5. The molecular weight excluding hydrogens is 324 g/mol. The van der Waals surface area contributed by atoms with Gasteiger partial charge in [-0.05, 0) is 68.3 Å². The summed E-state index contributed by atoms with van der Waals surface area (Å²) < 4.78 is 5.75. The van der Waals surface area contributed by atoms with Crippen LogP contribution in [-0.4, -0.2) is 17.7 Å². The Balaban J connectivity index is 1.84. The molecule has 2 aromatic carbocycles. The second-order valence-corrected chi connectivity index (χ2v) is 6.82. The van der Waals surface area contributed by atoms with Crippen molar-refractivity contribution in [1.82, 2.24) is 5.43 Å². The molecular formula is C19H21ClN2O2. The van der Waals surface area contributed by atoms with Crippen molar-refractivity contribution in [2.45, 2.75) is 32.8 Å². The standard InChI is InChI=1S/C19H21ClN2O2/c1-19(2,3)24-17-10-6-15(7-11-17)13-21-22-18(23)12-14-4-8-16(20)9-5-14/h4-11,13H,12H2,1-3H3,(H,22,23)/b21-13-. The summed E-state index contributed by atoms with van der Waals surface area (Å²) in [6.07, 6.45) is 1.85. The van der Waals surface area contributed by atoms with Gasteiger partial charge < -0.3 is 4.74 Å². The molecule has 0 atom stereocenters. The highest BCUT2D eigenvalue weighted by molar-refractivity contribution is 6.30. The number of ether oxygens (including phenoxy) is 1. The largest absolute Gasteiger partial charge is 0.488 e. The van der Waals surface area contributed by atoms with Crippen LogP contribution >= 0.6 is 11.6 Å². The van der Waals surface area contributed by atoms with E-state index in [0.717, 1.165) is 16.9 Å². The van der Waals surface area contributed by atoms with Crippen molar-refractivity contribution in [2.24, 2.45) is 5.10 Å². The molecule has 0 spiro atoms. The maximum absolute atomic E-state index is 11.8. The summed E-state index contributed by atoms with van der Waals surface area (Å²) in [5.74, 6) is 0.618. The third-order valence-electron chi connectivity index (χ3n) is 2.98. The number of halogens is 1. The Kier molecular flexibility index (Phi) is 5.99. The number of carbonyl (C=O) groups excluding carboxylic acids is 1. The van der Waals surface area contributed by atoms with Gasteiger partial charge >= 0.3 is 0 Å². The lowest BCUT2D eigenvalue weighted by atomic mass is 10.1. The van der Waals surface area contributed by atoms with Gasteiger partial charge in [0.25, 0.3) is 0 Å². The zero-order valence-electron chi connectivity index (χ0n) is 14.0. The molecule has 126 valence electrons. The van der Waals surface area contributed by atoms with Crippen molar-refractivity contribution >= 4 is 23.7 Å². The van der Waals surface area contributed by atoms with Crippen LogP contribution in [0.3, 0.4) is 0 Å². The number of carbonyl (C=O) groups is 1. The summed E-state index contributed by atoms with van der Waals surface area (Å²) in [6, 6.07) is 14.7. The molecule has 0 aliphatic rings. The van der Waals surface area contributed by atoms with Gasteiger partial charge in [0.15, 0.2) is 0 Å². The summed E-state index contributed by atoms with van der Waals surface area (Å²) in [6.45, 7) is 6.00. The lowest BCUT2D eigenvalue weighted by molar-refractivity contribution is -0.120. The van der Waals surface area contributed by atoms with Crippen LogP contribution in [0.25, 0.3) is 0 Å². The Bertz CT molecular complexity index is 702. The van der Waals surface area contributed by atoms with Gasteiger partial charge in [-0.25, -0.2) is 5.43 Å². The molecule has 0 bridgehead atoms. The Labute approximate surface area is 147 Å². The van der Waals surface area contributed by atoms with Crippen LogP contribution in [0.2, 0.25) is 5.02 Å². The average molecular weight is 345 g/mol. The Morgan fingerprint density at radius 1 is 1.12 bits per heavy atom. The van der Waals surface area contributed by atoms with E-state index in [1.807, 2.05) is 57.2 Å². The Hall–Kier alpha value is -2.33. The van der Waals surface area contributed by atoms with Crippen molar-refractivity contribution in [3.8, 4) is 5.75 Å². The number of nitrogens with one attached hydrogen (secondary N) is 1. The van der Waals surface area contributed by atoms with E-state index in [1.54, 1.807) is 18.3 Å². The van der Waals surface area contributed by atoms with Crippen LogP contribution in [0.1, 0.15) is 31.9 Å². The first-order valence-corrected chi connectivity index (χ1v) is 8.05. The fourth-order valence-corrected chi connectivity index (χ4v) is 2.11. The van der Waals surface area contributed by atoms with E-state index in [4.69, 9.17) is 16.3 Å². The van der Waals surface area contributed by atoms with Gasteiger partial charge in [-0.15, -0.1) is 0 Å². The van der Waals surface area contributed by atoms with Gasteiger partial charge in [0, 0.05) is 5.02 Å². The fraction of sp³-hybridized carbons (Fsp3) is 0.263. The molecule has 0 saturated heterocycles. The molecule has 1 N–H and O–H groups in total. The van der Waals surface area contributed by atoms with Crippen LogP contribution in [-0.2, 0) is 11.2 Å². The fourth-order valence-electron chi connectivity index (χ4n) is 1.98. The van der Waals surface area contributed by atoms with E-state index in [-0.39, 0.29) is 17.9 Å². The molecule has 24 heavy (non-hydrogen) atoms. The molecule has 2 aromatic rings. The smallest absolute Gasteiger partial charge is 0.244 e. The number of hydrazone groups is 1. The predicted octanol–water partition coefficient (Wildman–Crippen LogP) is 4.21. The minimum Gasteiger partial charge on any atom is -0.488 e. The van der Waals surface area contributed by atoms with Crippen molar-refractivity contribution in [3.05, 3.63) is 64.7 Å². The summed E-state index contributed by atoms with van der Waals surface area (Å²) in [5.41, 5.74) is 4.05. The van der Waals surface area contributed by atoms with E-state index in [0.29, 0.717) is 5.02 Å². The lowest BCUT2D eigenvalue weighted by Crippen LogP contribution is -2.22. The minimum absolute atomic E-state index is 0.179. The molecule has 0 aliphatic carbocycles. The highest BCUT2D eigenvalue weighted by Crippen LogP contribution is 2.17. The van der Waals surface area contributed by atoms with Crippen LogP contribution < -0.4 is 10.2 Å². The number of nitrogens with zero attached hydrogens (tertiary/aromatic N) is 1. The number of benzene rings is 2. The van der Waals surface area contributed by atoms with Crippen molar-refractivity contribution < 1.29 is 9.53 Å². The zero-order chi connectivity index (χ0) is 17.6. The van der Waals surface area contributed by atoms with Gasteiger partial charge in [-0.3, -0.25) is 4.79 Å². The minimum atomic E-state index is -0.231. The van der Waals surface area contributed by atoms with Gasteiger partial charge in [-0.2, -0.15) is 5.10 Å². The summed E-state index contributed by atoms with van der Waals surface area (Å²) in [5, 5.41) is 4.62. The van der Waals surface area contributed by atoms with Crippen molar-refractivity contribution in [3.63, 3.8) is 0 Å². The molecule has 0 aromatic heterocycles. The highest BCUT2D eigenvalue weighted by Gasteiger charge is 2.11. The normalized spacial score (nSPS) is 11.5. The van der Waals surface area contributed by atoms with E-state index < -0.39 is 0 Å². The van der Waals surface area contributed by atoms with E-state index in [9.17, 15) is 4.79 Å². The second-order valence-electron chi connectivity index (χ2n) is 6.38. The third kappa shape index (κ3) is 6.42. The van der Waals surface area contributed by atoms with Gasteiger partial charge in [0.05, 0.1) is 12.6 Å². The second kappa shape index (κ2) is 7.97. The zero-order valence-corrected chi connectivity index (χ0v) is 14.8. The first kappa shape index (κ1) is 18.0. The highest BCUT2D eigenvalue weighted by atomic mass is 35.5. The van der Waals surface area contributed by atoms with Gasteiger partial charge in [0.1, 0.15) is 11.4 Å².